The molecule has 0 atom stereocenters. The minimum atomic E-state index is -0.161. The molecule has 0 aliphatic carbocycles. The maximum atomic E-state index is 12.9. The van der Waals surface area contributed by atoms with Gasteiger partial charge in [0.25, 0.3) is 5.91 Å². The minimum Gasteiger partial charge on any atom is -0.493 e. The summed E-state index contributed by atoms with van der Waals surface area (Å²) in [5, 5.41) is 5.84. The fraction of sp³-hybridized carbons (Fsp3) is 0.185. The number of ether oxygens (including phenoxy) is 3. The lowest BCUT2D eigenvalue weighted by atomic mass is 10.1. The van der Waals surface area contributed by atoms with E-state index in [2.05, 4.69) is 5.10 Å². The molecular formula is C27H26N2O4. The summed E-state index contributed by atoms with van der Waals surface area (Å²) in [7, 11) is 1.59. The van der Waals surface area contributed by atoms with Crippen molar-refractivity contribution >= 4 is 23.4 Å². The highest BCUT2D eigenvalue weighted by Crippen LogP contribution is 2.30. The third-order valence-electron chi connectivity index (χ3n) is 5.19. The lowest BCUT2D eigenvalue weighted by Gasteiger charge is -2.13. The minimum absolute atomic E-state index is 0.161. The molecule has 0 saturated heterocycles. The van der Waals surface area contributed by atoms with Crippen molar-refractivity contribution in [1.29, 1.82) is 0 Å². The van der Waals surface area contributed by atoms with Gasteiger partial charge < -0.3 is 14.2 Å². The van der Waals surface area contributed by atoms with Crippen LogP contribution in [0.5, 0.6) is 17.2 Å². The highest BCUT2D eigenvalue weighted by atomic mass is 16.5. The number of amides is 1. The highest BCUT2D eigenvalue weighted by molar-refractivity contribution is 6.32. The zero-order valence-electron chi connectivity index (χ0n) is 18.9. The fourth-order valence-electron chi connectivity index (χ4n) is 3.43. The van der Waals surface area contributed by atoms with Crippen LogP contribution in [-0.2, 0) is 4.79 Å². The first-order valence-corrected chi connectivity index (χ1v) is 10.7. The second kappa shape index (κ2) is 10.0. The van der Waals surface area contributed by atoms with E-state index in [0.717, 1.165) is 17.0 Å². The molecule has 0 radical (unpaired) electrons. The van der Waals surface area contributed by atoms with Gasteiger partial charge >= 0.3 is 0 Å². The Kier molecular flexibility index (Phi) is 6.74. The van der Waals surface area contributed by atoms with Gasteiger partial charge in [-0.1, -0.05) is 42.0 Å². The maximum Gasteiger partial charge on any atom is 0.280 e. The molecule has 0 saturated carbocycles. The van der Waals surface area contributed by atoms with Crippen molar-refractivity contribution in [2.24, 2.45) is 5.10 Å². The van der Waals surface area contributed by atoms with Gasteiger partial charge in [0.1, 0.15) is 19.0 Å². The van der Waals surface area contributed by atoms with Gasteiger partial charge in [-0.15, -0.1) is 0 Å². The molecule has 3 aromatic rings. The van der Waals surface area contributed by atoms with Crippen LogP contribution >= 0.6 is 0 Å². The van der Waals surface area contributed by atoms with Gasteiger partial charge in [-0.2, -0.15) is 10.1 Å². The number of hydrogen-bond acceptors (Lipinski definition) is 5. The Hall–Kier alpha value is -4.06. The highest BCUT2D eigenvalue weighted by Gasteiger charge is 2.28. The molecule has 6 heteroatoms. The average molecular weight is 443 g/mol. The second-order valence-corrected chi connectivity index (χ2v) is 7.62. The predicted molar refractivity (Wildman–Crippen MR) is 130 cm³/mol. The van der Waals surface area contributed by atoms with Crippen LogP contribution in [0.2, 0.25) is 0 Å². The molecule has 4 rings (SSSR count). The van der Waals surface area contributed by atoms with Crippen molar-refractivity contribution in [3.05, 3.63) is 89.5 Å². The van der Waals surface area contributed by atoms with Gasteiger partial charge in [-0.05, 0) is 61.9 Å². The van der Waals surface area contributed by atoms with E-state index in [4.69, 9.17) is 14.2 Å². The molecule has 6 nitrogen and oxygen atoms in total. The van der Waals surface area contributed by atoms with E-state index in [-0.39, 0.29) is 5.91 Å². The van der Waals surface area contributed by atoms with Crippen LogP contribution in [0.15, 0.2) is 83.5 Å². The van der Waals surface area contributed by atoms with Crippen molar-refractivity contribution in [3.8, 4) is 17.2 Å². The van der Waals surface area contributed by atoms with Crippen molar-refractivity contribution in [3.63, 3.8) is 0 Å². The lowest BCUT2D eigenvalue weighted by molar-refractivity contribution is -0.114. The normalized spacial score (nSPS) is 14.4. The average Bonchev–Trinajstić information content (AvgIpc) is 3.12. The topological polar surface area (TPSA) is 60.4 Å². The molecule has 0 spiro atoms. The van der Waals surface area contributed by atoms with Crippen molar-refractivity contribution in [1.82, 2.24) is 0 Å². The molecule has 3 aromatic carbocycles. The maximum absolute atomic E-state index is 12.9. The van der Waals surface area contributed by atoms with Crippen LogP contribution in [-0.4, -0.2) is 31.9 Å². The largest absolute Gasteiger partial charge is 0.493 e. The van der Waals surface area contributed by atoms with Crippen LogP contribution in [0.1, 0.15) is 18.1 Å². The molecule has 1 heterocycles. The molecule has 0 bridgehead atoms. The first kappa shape index (κ1) is 22.1. The molecule has 0 N–H and O–H groups in total. The van der Waals surface area contributed by atoms with Gasteiger partial charge in [0.15, 0.2) is 11.5 Å². The monoisotopic (exact) mass is 442 g/mol. The number of rotatable bonds is 8. The van der Waals surface area contributed by atoms with Gasteiger partial charge in [0.2, 0.25) is 0 Å². The van der Waals surface area contributed by atoms with Crippen molar-refractivity contribution in [2.45, 2.75) is 13.8 Å². The summed E-state index contributed by atoms with van der Waals surface area (Å²) in [6, 6.07) is 22.8. The summed E-state index contributed by atoms with van der Waals surface area (Å²) in [5.41, 5.74) is 3.95. The summed E-state index contributed by atoms with van der Waals surface area (Å²) in [5.74, 6) is 1.84. The van der Waals surface area contributed by atoms with E-state index in [9.17, 15) is 4.79 Å². The van der Waals surface area contributed by atoms with Crippen LogP contribution in [0, 0.1) is 6.92 Å². The van der Waals surface area contributed by atoms with E-state index in [1.54, 1.807) is 7.11 Å². The number of nitrogens with zero attached hydrogens (tertiary/aromatic N) is 2. The number of hydrogen-bond donors (Lipinski definition) is 0. The number of carbonyl (C=O) groups excluding carboxylic acids is 1. The van der Waals surface area contributed by atoms with E-state index >= 15 is 0 Å². The molecule has 0 fully saturated rings. The van der Waals surface area contributed by atoms with Crippen LogP contribution in [0.4, 0.5) is 5.69 Å². The van der Waals surface area contributed by atoms with E-state index < -0.39 is 0 Å². The van der Waals surface area contributed by atoms with E-state index in [0.29, 0.717) is 36.0 Å². The van der Waals surface area contributed by atoms with Crippen LogP contribution in [0.3, 0.4) is 0 Å². The Morgan fingerprint density at radius 3 is 2.33 bits per heavy atom. The predicted octanol–water partition coefficient (Wildman–Crippen LogP) is 5.27. The second-order valence-electron chi connectivity index (χ2n) is 7.62. The van der Waals surface area contributed by atoms with Crippen LogP contribution < -0.4 is 19.2 Å². The summed E-state index contributed by atoms with van der Waals surface area (Å²) >= 11 is 0. The Labute approximate surface area is 193 Å². The zero-order valence-corrected chi connectivity index (χ0v) is 18.9. The number of para-hydroxylation sites is 1. The molecule has 1 amide bonds. The smallest absolute Gasteiger partial charge is 0.280 e. The van der Waals surface area contributed by atoms with Gasteiger partial charge in [-0.25, -0.2) is 0 Å². The van der Waals surface area contributed by atoms with E-state index in [1.807, 2.05) is 92.7 Å². The van der Waals surface area contributed by atoms with E-state index in [1.165, 1.54) is 10.6 Å². The third kappa shape index (κ3) is 5.23. The van der Waals surface area contributed by atoms with Crippen LogP contribution in [0.25, 0.3) is 6.08 Å². The molecule has 1 aliphatic rings. The number of aryl methyl sites for hydroxylation is 1. The van der Waals surface area contributed by atoms with Crippen molar-refractivity contribution < 1.29 is 19.0 Å². The third-order valence-corrected chi connectivity index (χ3v) is 5.19. The Bertz CT molecular complexity index is 1180. The first-order chi connectivity index (χ1) is 16.0. The Morgan fingerprint density at radius 1 is 0.879 bits per heavy atom. The fourth-order valence-corrected chi connectivity index (χ4v) is 3.43. The molecule has 168 valence electrons. The van der Waals surface area contributed by atoms with Gasteiger partial charge in [0, 0.05) is 0 Å². The number of carbonyl (C=O) groups is 1. The SMILES string of the molecule is COc1cc(/C=C2/C(=O)N(c3ccccc3)N=C2C)ccc1OCCOc1ccc(C)cc1. The molecule has 0 unspecified atom stereocenters. The Balaban J connectivity index is 1.42. The first-order valence-electron chi connectivity index (χ1n) is 10.7. The Morgan fingerprint density at radius 2 is 1.61 bits per heavy atom. The molecule has 1 aliphatic heterocycles. The van der Waals surface area contributed by atoms with Crippen molar-refractivity contribution in [2.75, 3.05) is 25.3 Å². The standard InChI is InChI=1S/C27H26N2O4/c1-19-9-12-23(13-10-19)32-15-16-33-25-14-11-21(18-26(25)31-3)17-24-20(2)28-29(27(24)30)22-7-5-4-6-8-22/h4-14,17-18H,15-16H2,1-3H3/b24-17+. The molecular weight excluding hydrogens is 416 g/mol. The summed E-state index contributed by atoms with van der Waals surface area (Å²) in [6.07, 6.45) is 1.82. The van der Waals surface area contributed by atoms with Gasteiger partial charge in [0.05, 0.1) is 24.1 Å². The zero-order chi connectivity index (χ0) is 23.2. The summed E-state index contributed by atoms with van der Waals surface area (Å²) in [4.78, 5) is 12.9. The lowest BCUT2D eigenvalue weighted by Crippen LogP contribution is -2.21. The number of hydrazone groups is 1. The molecule has 33 heavy (non-hydrogen) atoms. The molecule has 0 aromatic heterocycles. The summed E-state index contributed by atoms with van der Waals surface area (Å²) in [6.45, 7) is 4.66. The number of anilines is 1. The quantitative estimate of drug-likeness (QED) is 0.352. The number of methoxy groups -OCH3 is 1. The van der Waals surface area contributed by atoms with Gasteiger partial charge in [-0.3, -0.25) is 4.79 Å². The summed E-state index contributed by atoms with van der Waals surface area (Å²) < 4.78 is 17.1. The number of benzene rings is 3.